The van der Waals surface area contributed by atoms with Crippen LogP contribution in [0.5, 0.6) is 0 Å². The van der Waals surface area contributed by atoms with E-state index in [1.807, 2.05) is 16.9 Å². The summed E-state index contributed by atoms with van der Waals surface area (Å²) in [6.45, 7) is 3.95. The van der Waals surface area contributed by atoms with E-state index in [0.29, 0.717) is 17.9 Å². The van der Waals surface area contributed by atoms with Gasteiger partial charge in [0.1, 0.15) is 5.76 Å². The van der Waals surface area contributed by atoms with Crippen LogP contribution in [-0.4, -0.2) is 27.4 Å². The molecule has 102 valence electrons. The predicted molar refractivity (Wildman–Crippen MR) is 69.0 cm³/mol. The van der Waals surface area contributed by atoms with Crippen molar-refractivity contribution in [1.29, 1.82) is 0 Å². The molecule has 0 spiro atoms. The van der Waals surface area contributed by atoms with Gasteiger partial charge in [0.25, 0.3) is 0 Å². The summed E-state index contributed by atoms with van der Waals surface area (Å²) in [6.07, 6.45) is 4.63. The predicted octanol–water partition coefficient (Wildman–Crippen LogP) is 1.66. The van der Waals surface area contributed by atoms with Gasteiger partial charge in [0, 0.05) is 24.5 Å². The summed E-state index contributed by atoms with van der Waals surface area (Å²) >= 11 is 0. The van der Waals surface area contributed by atoms with Gasteiger partial charge in [0.05, 0.1) is 6.54 Å². The van der Waals surface area contributed by atoms with Crippen molar-refractivity contribution in [2.45, 2.75) is 26.4 Å². The monoisotopic (exact) mass is 263 g/mol. The van der Waals surface area contributed by atoms with Gasteiger partial charge in [0.15, 0.2) is 0 Å². The highest BCUT2D eigenvalue weighted by molar-refractivity contribution is 5.86. The van der Waals surface area contributed by atoms with Gasteiger partial charge in [-0.3, -0.25) is 4.68 Å². The van der Waals surface area contributed by atoms with Crippen LogP contribution in [0.25, 0.3) is 0 Å². The molecule has 0 aromatic carbocycles. The fourth-order valence-electron chi connectivity index (χ4n) is 1.86. The normalized spacial score (nSPS) is 10.8. The number of furan rings is 1. The zero-order valence-electron chi connectivity index (χ0n) is 10.8. The number of rotatable bonds is 7. The van der Waals surface area contributed by atoms with Gasteiger partial charge in [-0.25, -0.2) is 4.79 Å². The smallest absolute Gasteiger partial charge is 0.372 e. The second kappa shape index (κ2) is 6.19. The average molecular weight is 263 g/mol. The molecule has 0 amide bonds. The van der Waals surface area contributed by atoms with E-state index >= 15 is 0 Å². The summed E-state index contributed by atoms with van der Waals surface area (Å²) < 4.78 is 7.12. The third kappa shape index (κ3) is 3.69. The second-order valence-electron chi connectivity index (χ2n) is 4.33. The Morgan fingerprint density at radius 3 is 3.05 bits per heavy atom. The highest BCUT2D eigenvalue weighted by atomic mass is 16.4. The van der Waals surface area contributed by atoms with Crippen molar-refractivity contribution in [3.05, 3.63) is 41.6 Å². The molecule has 2 N–H and O–H groups in total. The number of hydrogen-bond donors (Lipinski definition) is 2. The molecule has 19 heavy (non-hydrogen) atoms. The fourth-order valence-corrected chi connectivity index (χ4v) is 1.86. The summed E-state index contributed by atoms with van der Waals surface area (Å²) in [5.74, 6) is -0.357. The molecule has 0 fully saturated rings. The molecule has 2 heterocycles. The van der Waals surface area contributed by atoms with E-state index < -0.39 is 5.97 Å². The van der Waals surface area contributed by atoms with Crippen LogP contribution in [0, 0.1) is 6.92 Å². The SMILES string of the molecule is Cc1cc(CNCCCn2cccn2)oc1C(=O)O. The summed E-state index contributed by atoms with van der Waals surface area (Å²) in [7, 11) is 0. The van der Waals surface area contributed by atoms with Gasteiger partial charge >= 0.3 is 5.97 Å². The Bertz CT molecular complexity index is 531. The molecule has 0 aliphatic heterocycles. The van der Waals surface area contributed by atoms with E-state index in [1.54, 1.807) is 19.2 Å². The molecule has 0 aliphatic rings. The van der Waals surface area contributed by atoms with Gasteiger partial charge in [0.2, 0.25) is 5.76 Å². The van der Waals surface area contributed by atoms with Crippen LogP contribution in [0.4, 0.5) is 0 Å². The van der Waals surface area contributed by atoms with Crippen LogP contribution in [0.1, 0.15) is 28.3 Å². The Kier molecular flexibility index (Phi) is 4.35. The van der Waals surface area contributed by atoms with Crippen LogP contribution >= 0.6 is 0 Å². The number of carboxylic acids is 1. The fraction of sp³-hybridized carbons (Fsp3) is 0.385. The maximum Gasteiger partial charge on any atom is 0.372 e. The third-order valence-corrected chi connectivity index (χ3v) is 2.76. The largest absolute Gasteiger partial charge is 0.475 e. The molecule has 2 aromatic rings. The van der Waals surface area contributed by atoms with Crippen molar-refractivity contribution >= 4 is 5.97 Å². The van der Waals surface area contributed by atoms with E-state index in [0.717, 1.165) is 19.5 Å². The van der Waals surface area contributed by atoms with E-state index in [4.69, 9.17) is 9.52 Å². The maximum atomic E-state index is 10.8. The van der Waals surface area contributed by atoms with Crippen LogP contribution in [0.2, 0.25) is 0 Å². The van der Waals surface area contributed by atoms with Crippen molar-refractivity contribution in [3.8, 4) is 0 Å². The lowest BCUT2D eigenvalue weighted by molar-refractivity contribution is 0.0659. The average Bonchev–Trinajstić information content (AvgIpc) is 2.98. The first kappa shape index (κ1) is 13.4. The number of carbonyl (C=O) groups is 1. The standard InChI is InChI=1S/C13H17N3O3/c1-10-8-11(19-12(10)13(17)18)9-14-4-2-6-16-7-3-5-15-16/h3,5,7-8,14H,2,4,6,9H2,1H3,(H,17,18). The Morgan fingerprint density at radius 2 is 2.42 bits per heavy atom. The molecule has 0 bridgehead atoms. The Labute approximate surface area is 111 Å². The summed E-state index contributed by atoms with van der Waals surface area (Å²) in [4.78, 5) is 10.8. The molecule has 2 aromatic heterocycles. The molecule has 2 rings (SSSR count). The first-order valence-electron chi connectivity index (χ1n) is 6.17. The highest BCUT2D eigenvalue weighted by Crippen LogP contribution is 2.14. The number of aryl methyl sites for hydroxylation is 2. The van der Waals surface area contributed by atoms with Gasteiger partial charge in [-0.05, 0) is 32.0 Å². The van der Waals surface area contributed by atoms with Gasteiger partial charge in [-0.2, -0.15) is 5.10 Å². The molecule has 0 aliphatic carbocycles. The van der Waals surface area contributed by atoms with Crippen LogP contribution in [0.3, 0.4) is 0 Å². The Hall–Kier alpha value is -2.08. The van der Waals surface area contributed by atoms with E-state index in [1.165, 1.54) is 0 Å². The second-order valence-corrected chi connectivity index (χ2v) is 4.33. The summed E-state index contributed by atoms with van der Waals surface area (Å²) in [5.41, 5.74) is 0.654. The summed E-state index contributed by atoms with van der Waals surface area (Å²) in [5, 5.41) is 16.2. The van der Waals surface area contributed by atoms with Gasteiger partial charge in [-0.15, -0.1) is 0 Å². The highest BCUT2D eigenvalue weighted by Gasteiger charge is 2.13. The lowest BCUT2D eigenvalue weighted by Gasteiger charge is -2.03. The van der Waals surface area contributed by atoms with E-state index in [-0.39, 0.29) is 5.76 Å². The van der Waals surface area contributed by atoms with Crippen molar-refractivity contribution in [3.63, 3.8) is 0 Å². The Morgan fingerprint density at radius 1 is 1.58 bits per heavy atom. The number of nitrogens with one attached hydrogen (secondary N) is 1. The van der Waals surface area contributed by atoms with Crippen molar-refractivity contribution in [2.75, 3.05) is 6.54 Å². The zero-order valence-corrected chi connectivity index (χ0v) is 10.8. The zero-order chi connectivity index (χ0) is 13.7. The molecule has 6 heteroatoms. The number of carboxylic acid groups (broad SMARTS) is 1. The van der Waals surface area contributed by atoms with Crippen LogP contribution < -0.4 is 5.32 Å². The van der Waals surface area contributed by atoms with Crippen molar-refractivity contribution < 1.29 is 14.3 Å². The van der Waals surface area contributed by atoms with Crippen LogP contribution in [0.15, 0.2) is 28.9 Å². The minimum atomic E-state index is -1.03. The summed E-state index contributed by atoms with van der Waals surface area (Å²) in [6, 6.07) is 3.65. The van der Waals surface area contributed by atoms with Crippen LogP contribution in [-0.2, 0) is 13.1 Å². The lowest BCUT2D eigenvalue weighted by Crippen LogP contribution is -2.16. The molecule has 0 saturated heterocycles. The van der Waals surface area contributed by atoms with E-state index in [2.05, 4.69) is 10.4 Å². The number of aromatic carboxylic acids is 1. The molecular formula is C13H17N3O3. The molecule has 0 saturated carbocycles. The number of hydrogen-bond acceptors (Lipinski definition) is 4. The van der Waals surface area contributed by atoms with E-state index in [9.17, 15) is 4.79 Å². The van der Waals surface area contributed by atoms with Gasteiger partial charge < -0.3 is 14.8 Å². The molecule has 0 atom stereocenters. The minimum absolute atomic E-state index is 0.0216. The maximum absolute atomic E-state index is 10.8. The molecule has 6 nitrogen and oxygen atoms in total. The number of aromatic nitrogens is 2. The molecular weight excluding hydrogens is 246 g/mol. The van der Waals surface area contributed by atoms with Crippen molar-refractivity contribution in [2.24, 2.45) is 0 Å². The minimum Gasteiger partial charge on any atom is -0.475 e. The first-order valence-corrected chi connectivity index (χ1v) is 6.17. The quantitative estimate of drug-likeness (QED) is 0.743. The lowest BCUT2D eigenvalue weighted by atomic mass is 10.2. The topological polar surface area (TPSA) is 80.3 Å². The van der Waals surface area contributed by atoms with Gasteiger partial charge in [-0.1, -0.05) is 0 Å². The molecule has 0 radical (unpaired) electrons. The molecule has 0 unspecified atom stereocenters. The first-order chi connectivity index (χ1) is 9.16. The Balaban J connectivity index is 1.71. The van der Waals surface area contributed by atoms with Crippen molar-refractivity contribution in [1.82, 2.24) is 15.1 Å². The number of nitrogens with zero attached hydrogens (tertiary/aromatic N) is 2. The third-order valence-electron chi connectivity index (χ3n) is 2.76.